The fourth-order valence-electron chi connectivity index (χ4n) is 0.821. The molecule has 0 saturated heterocycles. The summed E-state index contributed by atoms with van der Waals surface area (Å²) < 4.78 is 1.61. The highest BCUT2D eigenvalue weighted by Gasteiger charge is 2.21. The van der Waals surface area contributed by atoms with Crippen LogP contribution in [0.4, 0.5) is 0 Å². The van der Waals surface area contributed by atoms with E-state index in [9.17, 15) is 0 Å². The maximum absolute atomic E-state index is 5.02. The lowest BCUT2D eigenvalue weighted by atomic mass is 10.7. The number of hydrogen-bond acceptors (Lipinski definition) is 3. The van der Waals surface area contributed by atoms with Crippen molar-refractivity contribution < 1.29 is 0 Å². The van der Waals surface area contributed by atoms with E-state index in [2.05, 4.69) is 20.9 Å². The first-order valence-electron chi connectivity index (χ1n) is 3.77. The van der Waals surface area contributed by atoms with E-state index in [0.717, 1.165) is 0 Å². The van der Waals surface area contributed by atoms with E-state index in [0.29, 0.717) is 11.2 Å². The van der Waals surface area contributed by atoms with Gasteiger partial charge in [-0.2, -0.15) is 0 Å². The Morgan fingerprint density at radius 3 is 2.67 bits per heavy atom. The van der Waals surface area contributed by atoms with Crippen molar-refractivity contribution in [2.75, 3.05) is 5.43 Å². The molecule has 0 atom stereocenters. The molecule has 1 aromatic heterocycles. The summed E-state index contributed by atoms with van der Waals surface area (Å²) in [6.45, 7) is 0. The quantitative estimate of drug-likeness (QED) is 0.625. The van der Waals surface area contributed by atoms with Gasteiger partial charge in [-0.05, 0) is 25.1 Å². The molecule has 1 heterocycles. The van der Waals surface area contributed by atoms with Gasteiger partial charge in [-0.15, -0.1) is 10.2 Å². The van der Waals surface area contributed by atoms with E-state index in [1.54, 1.807) is 17.3 Å². The van der Waals surface area contributed by atoms with Crippen LogP contribution in [0.3, 0.4) is 0 Å². The van der Waals surface area contributed by atoms with Crippen molar-refractivity contribution in [2.24, 2.45) is 0 Å². The predicted molar refractivity (Wildman–Crippen MR) is 48.1 cm³/mol. The van der Waals surface area contributed by atoms with Crippen molar-refractivity contribution in [3.63, 3.8) is 0 Å². The Kier molecular flexibility index (Phi) is 1.91. The fraction of sp³-hybridized carbons (Fsp3) is 0.500. The van der Waals surface area contributed by atoms with Gasteiger partial charge in [-0.3, -0.25) is 5.43 Å². The minimum absolute atomic E-state index is 0.571. The second-order valence-corrected chi connectivity index (χ2v) is 3.14. The van der Waals surface area contributed by atoms with Gasteiger partial charge in [-0.1, -0.05) is 0 Å². The third-order valence-corrected chi connectivity index (χ3v) is 1.77. The smallest absolute Gasteiger partial charge is 0.185 e. The van der Waals surface area contributed by atoms with Gasteiger partial charge in [0.25, 0.3) is 0 Å². The summed E-state index contributed by atoms with van der Waals surface area (Å²) >= 11 is 5.02. The fourth-order valence-corrected chi connectivity index (χ4v) is 1.09. The molecular weight excluding hydrogens is 174 g/mol. The molecule has 2 rings (SSSR count). The number of hydrogen-bond donors (Lipinski definition) is 2. The largest absolute Gasteiger partial charge is 0.359 e. The van der Waals surface area contributed by atoms with Crippen LogP contribution in [0.25, 0.3) is 0 Å². The molecule has 64 valence electrons. The van der Waals surface area contributed by atoms with Gasteiger partial charge in [0, 0.05) is 6.04 Å². The zero-order valence-corrected chi connectivity index (χ0v) is 7.21. The first kappa shape index (κ1) is 7.48. The van der Waals surface area contributed by atoms with Gasteiger partial charge in [-0.25, -0.2) is 4.68 Å². The number of thiocarbonyl (C=S) groups is 1. The van der Waals surface area contributed by atoms with Gasteiger partial charge in [0.1, 0.15) is 12.7 Å². The zero-order chi connectivity index (χ0) is 8.39. The Balaban J connectivity index is 1.82. The van der Waals surface area contributed by atoms with Gasteiger partial charge in [0.2, 0.25) is 0 Å². The number of nitrogens with zero attached hydrogens (tertiary/aromatic N) is 3. The highest BCUT2D eigenvalue weighted by Crippen LogP contribution is 2.18. The van der Waals surface area contributed by atoms with Gasteiger partial charge >= 0.3 is 0 Å². The van der Waals surface area contributed by atoms with Crippen LogP contribution in [-0.4, -0.2) is 26.0 Å². The predicted octanol–water partition coefficient (Wildman–Crippen LogP) is -0.142. The lowest BCUT2D eigenvalue weighted by Gasteiger charge is -2.08. The summed E-state index contributed by atoms with van der Waals surface area (Å²) in [5.41, 5.74) is 2.91. The summed E-state index contributed by atoms with van der Waals surface area (Å²) in [4.78, 5) is 0. The van der Waals surface area contributed by atoms with Crippen LogP contribution in [0.15, 0.2) is 12.7 Å². The molecule has 1 aliphatic carbocycles. The second kappa shape index (κ2) is 3.06. The Morgan fingerprint density at radius 1 is 1.42 bits per heavy atom. The number of rotatable bonds is 2. The first-order chi connectivity index (χ1) is 5.84. The molecule has 1 aromatic rings. The van der Waals surface area contributed by atoms with Crippen LogP contribution >= 0.6 is 12.2 Å². The number of aromatic nitrogens is 3. The third kappa shape index (κ3) is 1.91. The third-order valence-electron chi connectivity index (χ3n) is 1.56. The summed E-state index contributed by atoms with van der Waals surface area (Å²) in [6.07, 6.45) is 5.54. The van der Waals surface area contributed by atoms with E-state index >= 15 is 0 Å². The van der Waals surface area contributed by atoms with Crippen molar-refractivity contribution in [3.05, 3.63) is 12.7 Å². The van der Waals surface area contributed by atoms with E-state index in [1.165, 1.54) is 12.8 Å². The van der Waals surface area contributed by atoms with Gasteiger partial charge in [0.15, 0.2) is 5.11 Å². The normalized spacial score (nSPS) is 15.7. The molecule has 6 heteroatoms. The maximum atomic E-state index is 5.02. The van der Waals surface area contributed by atoms with Crippen LogP contribution in [0.1, 0.15) is 12.8 Å². The molecule has 0 unspecified atom stereocenters. The molecule has 0 spiro atoms. The molecule has 0 bridgehead atoms. The topological polar surface area (TPSA) is 54.8 Å². The summed E-state index contributed by atoms with van der Waals surface area (Å²) in [5.74, 6) is 0. The zero-order valence-electron chi connectivity index (χ0n) is 6.40. The van der Waals surface area contributed by atoms with Crippen molar-refractivity contribution >= 4 is 17.3 Å². The van der Waals surface area contributed by atoms with Crippen molar-refractivity contribution in [1.29, 1.82) is 0 Å². The van der Waals surface area contributed by atoms with Gasteiger partial charge in [0.05, 0.1) is 0 Å². The molecule has 0 aromatic carbocycles. The van der Waals surface area contributed by atoms with E-state index in [1.807, 2.05) is 0 Å². The molecule has 12 heavy (non-hydrogen) atoms. The monoisotopic (exact) mass is 183 g/mol. The number of nitrogens with one attached hydrogen (secondary N) is 2. The minimum atomic E-state index is 0.571. The molecular formula is C6H9N5S. The van der Waals surface area contributed by atoms with Crippen molar-refractivity contribution in [2.45, 2.75) is 18.9 Å². The highest BCUT2D eigenvalue weighted by atomic mass is 32.1. The molecule has 0 amide bonds. The Labute approximate surface area is 75.1 Å². The van der Waals surface area contributed by atoms with Crippen LogP contribution in [-0.2, 0) is 0 Å². The molecule has 0 aliphatic heterocycles. The first-order valence-corrected chi connectivity index (χ1v) is 4.17. The Morgan fingerprint density at radius 2 is 2.08 bits per heavy atom. The second-order valence-electron chi connectivity index (χ2n) is 2.73. The standard InChI is InChI=1S/C6H9N5S/c12-6(9-5-1-2-5)10-11-3-7-8-4-11/h3-5H,1-2H2,(H2,9,10,12). The summed E-state index contributed by atoms with van der Waals surface area (Å²) in [7, 11) is 0. The lowest BCUT2D eigenvalue weighted by molar-refractivity contribution is 0.879. The molecule has 1 fully saturated rings. The van der Waals surface area contributed by atoms with Crippen LogP contribution in [0.2, 0.25) is 0 Å². The SMILES string of the molecule is S=C(NC1CC1)Nn1cnnc1. The Bertz CT molecular complexity index is 265. The van der Waals surface area contributed by atoms with E-state index < -0.39 is 0 Å². The lowest BCUT2D eigenvalue weighted by Crippen LogP contribution is -2.34. The highest BCUT2D eigenvalue weighted by molar-refractivity contribution is 7.80. The maximum Gasteiger partial charge on any atom is 0.185 e. The van der Waals surface area contributed by atoms with Crippen LogP contribution < -0.4 is 10.7 Å². The van der Waals surface area contributed by atoms with E-state index in [-0.39, 0.29) is 0 Å². The molecule has 5 nitrogen and oxygen atoms in total. The molecule has 1 saturated carbocycles. The van der Waals surface area contributed by atoms with Crippen molar-refractivity contribution in [3.8, 4) is 0 Å². The molecule has 0 radical (unpaired) electrons. The van der Waals surface area contributed by atoms with Gasteiger partial charge < -0.3 is 5.32 Å². The van der Waals surface area contributed by atoms with Crippen molar-refractivity contribution in [1.82, 2.24) is 20.2 Å². The summed E-state index contributed by atoms with van der Waals surface area (Å²) in [6, 6.07) is 0.571. The van der Waals surface area contributed by atoms with E-state index in [4.69, 9.17) is 12.2 Å². The minimum Gasteiger partial charge on any atom is -0.359 e. The summed E-state index contributed by atoms with van der Waals surface area (Å²) in [5, 5.41) is 11.0. The molecule has 2 N–H and O–H groups in total. The Hall–Kier alpha value is -1.17. The van der Waals surface area contributed by atoms with Crippen LogP contribution in [0.5, 0.6) is 0 Å². The average Bonchev–Trinajstić information content (AvgIpc) is 2.66. The van der Waals surface area contributed by atoms with Crippen LogP contribution in [0, 0.1) is 0 Å². The molecule has 1 aliphatic rings. The average molecular weight is 183 g/mol.